The topological polar surface area (TPSA) is 88.0 Å². The van der Waals surface area contributed by atoms with E-state index in [0.29, 0.717) is 40.4 Å². The molecule has 2 aromatic heterocycles. The number of nitrogens with one attached hydrogen (secondary N) is 2. The first-order valence-electron chi connectivity index (χ1n) is 9.56. The number of aromatic nitrogens is 2. The first-order chi connectivity index (χ1) is 13.1. The molecular weight excluding hydrogens is 354 g/mol. The van der Waals surface area contributed by atoms with Crippen LogP contribution in [0, 0.1) is 6.92 Å². The molecule has 2 heterocycles. The van der Waals surface area contributed by atoms with Crippen LogP contribution in [-0.4, -0.2) is 21.7 Å². The van der Waals surface area contributed by atoms with Crippen LogP contribution in [-0.2, 0) is 11.8 Å². The number of aryl methyl sites for hydroxylation is 1. The fraction of sp³-hybridized carbons (Fsp3) is 0.409. The molecule has 0 radical (unpaired) electrons. The van der Waals surface area contributed by atoms with E-state index in [0.717, 1.165) is 17.7 Å². The minimum Gasteiger partial charge on any atom is -0.440 e. The molecule has 0 saturated heterocycles. The fourth-order valence-corrected chi connectivity index (χ4v) is 3.37. The number of hydrogen-bond acceptors (Lipinski definition) is 4. The Hall–Kier alpha value is -2.89. The second-order valence-electron chi connectivity index (χ2n) is 8.19. The van der Waals surface area contributed by atoms with Gasteiger partial charge in [-0.15, -0.1) is 0 Å². The molecule has 1 aromatic carbocycles. The smallest absolute Gasteiger partial charge is 0.272 e. The van der Waals surface area contributed by atoms with Gasteiger partial charge in [-0.2, -0.15) is 0 Å². The van der Waals surface area contributed by atoms with E-state index < -0.39 is 0 Å². The zero-order valence-electron chi connectivity index (χ0n) is 17.3. The summed E-state index contributed by atoms with van der Waals surface area (Å²) >= 11 is 0. The van der Waals surface area contributed by atoms with Crippen LogP contribution in [0.5, 0.6) is 0 Å². The SMILES string of the molecule is CCCc1c(C(=O)Nc2ccc3oc(C(C)(C)C)nc3c2)[nH]c(C)c1C(C)=O. The van der Waals surface area contributed by atoms with Crippen molar-refractivity contribution in [3.63, 3.8) is 0 Å². The zero-order chi connectivity index (χ0) is 20.6. The van der Waals surface area contributed by atoms with Crippen LogP contribution < -0.4 is 5.32 Å². The van der Waals surface area contributed by atoms with E-state index in [1.807, 2.05) is 34.6 Å². The third-order valence-electron chi connectivity index (χ3n) is 4.66. The van der Waals surface area contributed by atoms with Gasteiger partial charge in [-0.3, -0.25) is 9.59 Å². The van der Waals surface area contributed by atoms with Gasteiger partial charge in [0.25, 0.3) is 5.91 Å². The summed E-state index contributed by atoms with van der Waals surface area (Å²) in [5.74, 6) is 0.357. The molecule has 0 aliphatic rings. The van der Waals surface area contributed by atoms with Gasteiger partial charge < -0.3 is 14.7 Å². The quantitative estimate of drug-likeness (QED) is 0.597. The number of hydrogen-bond donors (Lipinski definition) is 2. The molecule has 6 nitrogen and oxygen atoms in total. The molecule has 0 bridgehead atoms. The minimum absolute atomic E-state index is 0.0324. The van der Waals surface area contributed by atoms with Gasteiger partial charge in [0.05, 0.1) is 0 Å². The van der Waals surface area contributed by atoms with Crippen molar-refractivity contribution in [3.05, 3.63) is 46.6 Å². The number of nitrogens with zero attached hydrogens (tertiary/aromatic N) is 1. The Labute approximate surface area is 164 Å². The summed E-state index contributed by atoms with van der Waals surface area (Å²) in [7, 11) is 0. The summed E-state index contributed by atoms with van der Waals surface area (Å²) in [6.45, 7) is 11.5. The van der Waals surface area contributed by atoms with Crippen molar-refractivity contribution in [2.75, 3.05) is 5.32 Å². The molecule has 3 aromatic rings. The molecule has 1 amide bonds. The first-order valence-corrected chi connectivity index (χ1v) is 9.56. The molecule has 28 heavy (non-hydrogen) atoms. The van der Waals surface area contributed by atoms with Gasteiger partial charge in [-0.05, 0) is 44.0 Å². The highest BCUT2D eigenvalue weighted by Gasteiger charge is 2.23. The van der Waals surface area contributed by atoms with E-state index in [4.69, 9.17) is 4.42 Å². The van der Waals surface area contributed by atoms with Crippen LogP contribution >= 0.6 is 0 Å². The summed E-state index contributed by atoms with van der Waals surface area (Å²) in [5.41, 5.74) is 4.39. The van der Waals surface area contributed by atoms with Crippen LogP contribution in [0.25, 0.3) is 11.1 Å². The lowest BCUT2D eigenvalue weighted by molar-refractivity contribution is 0.101. The number of H-pyrrole nitrogens is 1. The first kappa shape index (κ1) is 19.9. The normalized spacial score (nSPS) is 11.8. The largest absolute Gasteiger partial charge is 0.440 e. The van der Waals surface area contributed by atoms with E-state index in [1.165, 1.54) is 6.92 Å². The number of ketones is 1. The molecule has 0 unspecified atom stereocenters. The van der Waals surface area contributed by atoms with Gasteiger partial charge in [0, 0.05) is 22.4 Å². The molecule has 6 heteroatoms. The highest BCUT2D eigenvalue weighted by atomic mass is 16.3. The lowest BCUT2D eigenvalue weighted by atomic mass is 9.97. The monoisotopic (exact) mass is 381 g/mol. The van der Waals surface area contributed by atoms with Gasteiger partial charge >= 0.3 is 0 Å². The lowest BCUT2D eigenvalue weighted by Crippen LogP contribution is -2.15. The Balaban J connectivity index is 1.93. The van der Waals surface area contributed by atoms with Crippen molar-refractivity contribution in [2.24, 2.45) is 0 Å². The van der Waals surface area contributed by atoms with Crippen LogP contribution in [0.2, 0.25) is 0 Å². The molecule has 2 N–H and O–H groups in total. The maximum Gasteiger partial charge on any atom is 0.272 e. The number of amides is 1. The van der Waals surface area contributed by atoms with Gasteiger partial charge in [-0.25, -0.2) is 4.98 Å². The van der Waals surface area contributed by atoms with Crippen molar-refractivity contribution < 1.29 is 14.0 Å². The Morgan fingerprint density at radius 1 is 1.25 bits per heavy atom. The van der Waals surface area contributed by atoms with Crippen LogP contribution in [0.15, 0.2) is 22.6 Å². The maximum absolute atomic E-state index is 12.9. The summed E-state index contributed by atoms with van der Waals surface area (Å²) in [6, 6.07) is 5.40. The number of carbonyl (C=O) groups is 2. The number of anilines is 1. The van der Waals surface area contributed by atoms with E-state index in [2.05, 4.69) is 15.3 Å². The molecule has 0 fully saturated rings. The predicted octanol–water partition coefficient (Wildman–Crippen LogP) is 5.17. The lowest BCUT2D eigenvalue weighted by Gasteiger charge is -2.11. The van der Waals surface area contributed by atoms with Crippen molar-refractivity contribution in [1.82, 2.24) is 9.97 Å². The van der Waals surface area contributed by atoms with Crippen LogP contribution in [0.3, 0.4) is 0 Å². The molecule has 0 spiro atoms. The number of oxazole rings is 1. The number of aromatic amines is 1. The number of carbonyl (C=O) groups excluding carboxylic acids is 2. The molecule has 148 valence electrons. The molecule has 0 saturated carbocycles. The van der Waals surface area contributed by atoms with E-state index >= 15 is 0 Å². The molecule has 3 rings (SSSR count). The molecular formula is C22H27N3O3. The molecule has 0 aliphatic carbocycles. The van der Waals surface area contributed by atoms with E-state index in [-0.39, 0.29) is 17.1 Å². The standard InChI is InChI=1S/C22H27N3O3/c1-7-8-15-18(13(3)26)12(2)23-19(15)20(27)24-14-9-10-17-16(11-14)25-21(28-17)22(4,5)6/h9-11,23H,7-8H2,1-6H3,(H,24,27). The Bertz CT molecular complexity index is 1050. The van der Waals surface area contributed by atoms with E-state index in [9.17, 15) is 9.59 Å². The number of fused-ring (bicyclic) bond motifs is 1. The Morgan fingerprint density at radius 3 is 2.57 bits per heavy atom. The van der Waals surface area contributed by atoms with Crippen molar-refractivity contribution >= 4 is 28.5 Å². The van der Waals surface area contributed by atoms with Gasteiger partial charge in [0.15, 0.2) is 11.4 Å². The number of rotatable bonds is 5. The van der Waals surface area contributed by atoms with Gasteiger partial charge in [0.2, 0.25) is 5.89 Å². The number of Topliss-reactive ketones (excluding diaryl/α,β-unsaturated/α-hetero) is 1. The van der Waals surface area contributed by atoms with Crippen molar-refractivity contribution in [2.45, 2.75) is 59.8 Å². The Kier molecular flexibility index (Phi) is 5.15. The van der Waals surface area contributed by atoms with Crippen molar-refractivity contribution in [1.29, 1.82) is 0 Å². The second-order valence-corrected chi connectivity index (χ2v) is 8.19. The summed E-state index contributed by atoms with van der Waals surface area (Å²) < 4.78 is 5.81. The number of benzene rings is 1. The summed E-state index contributed by atoms with van der Waals surface area (Å²) in [4.78, 5) is 32.6. The third-order valence-corrected chi connectivity index (χ3v) is 4.66. The average molecular weight is 381 g/mol. The van der Waals surface area contributed by atoms with Gasteiger partial charge in [0.1, 0.15) is 11.2 Å². The van der Waals surface area contributed by atoms with Crippen molar-refractivity contribution in [3.8, 4) is 0 Å². The van der Waals surface area contributed by atoms with Gasteiger partial charge in [-0.1, -0.05) is 34.1 Å². The third kappa shape index (κ3) is 3.72. The van der Waals surface area contributed by atoms with Crippen LogP contribution in [0.4, 0.5) is 5.69 Å². The van der Waals surface area contributed by atoms with E-state index in [1.54, 1.807) is 18.2 Å². The maximum atomic E-state index is 12.9. The highest BCUT2D eigenvalue weighted by molar-refractivity contribution is 6.08. The average Bonchev–Trinajstić information content (AvgIpc) is 3.15. The molecule has 0 atom stereocenters. The highest BCUT2D eigenvalue weighted by Crippen LogP contribution is 2.28. The predicted molar refractivity (Wildman–Crippen MR) is 110 cm³/mol. The second kappa shape index (κ2) is 7.26. The summed E-state index contributed by atoms with van der Waals surface area (Å²) in [6.07, 6.45) is 1.51. The Morgan fingerprint density at radius 2 is 1.96 bits per heavy atom. The van der Waals surface area contributed by atoms with Crippen LogP contribution in [0.1, 0.15) is 79.0 Å². The zero-order valence-corrected chi connectivity index (χ0v) is 17.3. The summed E-state index contributed by atoms with van der Waals surface area (Å²) in [5, 5.41) is 2.91. The molecule has 0 aliphatic heterocycles. The fourth-order valence-electron chi connectivity index (χ4n) is 3.37. The minimum atomic E-state index is -0.266.